The van der Waals surface area contributed by atoms with Crippen LogP contribution in [-0.4, -0.2) is 36.2 Å². The van der Waals surface area contributed by atoms with E-state index in [0.29, 0.717) is 6.04 Å². The number of nitrogens with zero attached hydrogens (tertiary/aromatic N) is 2. The van der Waals surface area contributed by atoms with Crippen LogP contribution in [0.3, 0.4) is 0 Å². The molecule has 0 bridgehead atoms. The third-order valence-electron chi connectivity index (χ3n) is 2.20. The average molecular weight is 182 g/mol. The highest BCUT2D eigenvalue weighted by atomic mass is 32.1. The van der Waals surface area contributed by atoms with Gasteiger partial charge >= 0.3 is 0 Å². The third kappa shape index (κ3) is 2.52. The molecule has 2 unspecified atom stereocenters. The molecule has 0 amide bonds. The highest BCUT2D eigenvalue weighted by molar-refractivity contribution is 7.78. The molecule has 1 aliphatic rings. The molecule has 0 saturated heterocycles. The predicted molar refractivity (Wildman–Crippen MR) is 54.7 cm³/mol. The van der Waals surface area contributed by atoms with E-state index in [1.54, 1.807) is 0 Å². The van der Waals surface area contributed by atoms with Gasteiger partial charge in [-0.05, 0) is 39.2 Å². The monoisotopic (exact) mass is 182 g/mol. The zero-order valence-electron chi connectivity index (χ0n) is 7.53. The summed E-state index contributed by atoms with van der Waals surface area (Å²) in [5, 5.41) is 2.42. The van der Waals surface area contributed by atoms with Crippen LogP contribution in [0.25, 0.3) is 0 Å². The van der Waals surface area contributed by atoms with Crippen molar-refractivity contribution in [1.29, 1.82) is 0 Å². The molecule has 2 nitrogen and oxygen atoms in total. The van der Waals surface area contributed by atoms with Crippen molar-refractivity contribution in [3.05, 3.63) is 12.2 Å². The van der Waals surface area contributed by atoms with E-state index in [9.17, 15) is 0 Å². The molecule has 1 rings (SSSR count). The summed E-state index contributed by atoms with van der Waals surface area (Å²) in [7, 11) is 4.19. The van der Waals surface area contributed by atoms with E-state index in [4.69, 9.17) is 0 Å². The van der Waals surface area contributed by atoms with Crippen LogP contribution < -0.4 is 0 Å². The largest absolute Gasteiger partial charge is 0.303 e. The van der Waals surface area contributed by atoms with E-state index in [0.717, 1.165) is 12.8 Å². The van der Waals surface area contributed by atoms with Gasteiger partial charge in [0.25, 0.3) is 0 Å². The Balaban J connectivity index is 2.52. The summed E-state index contributed by atoms with van der Waals surface area (Å²) in [6, 6.07) is 0.847. The number of rotatable bonds is 2. The standard InChI is InChI=1S/C9H14N2S/c1-11(2)9-5-3-8(4-6-9)10-7-12/h3,5,8-9H,4,6H2,1-2H3. The van der Waals surface area contributed by atoms with Gasteiger partial charge in [-0.3, -0.25) is 0 Å². The first-order chi connectivity index (χ1) is 5.74. The number of hydrogen-bond donors (Lipinski definition) is 0. The number of thiocarbonyl (C=S) groups is 1. The molecule has 0 saturated carbocycles. The van der Waals surface area contributed by atoms with Gasteiger partial charge in [0.2, 0.25) is 0 Å². The van der Waals surface area contributed by atoms with Crippen LogP contribution in [0.1, 0.15) is 12.8 Å². The van der Waals surface area contributed by atoms with Crippen molar-refractivity contribution < 1.29 is 0 Å². The van der Waals surface area contributed by atoms with E-state index in [1.807, 2.05) is 0 Å². The van der Waals surface area contributed by atoms with E-state index in [-0.39, 0.29) is 6.04 Å². The maximum absolute atomic E-state index is 4.55. The van der Waals surface area contributed by atoms with Crippen molar-refractivity contribution in [1.82, 2.24) is 4.90 Å². The second-order valence-corrected chi connectivity index (χ2v) is 3.46. The lowest BCUT2D eigenvalue weighted by molar-refractivity contribution is 0.311. The number of isothiocyanates is 1. The maximum atomic E-state index is 4.55. The molecule has 0 aromatic heterocycles. The highest BCUT2D eigenvalue weighted by Crippen LogP contribution is 2.16. The van der Waals surface area contributed by atoms with Crippen LogP contribution in [-0.2, 0) is 0 Å². The molecule has 0 aromatic carbocycles. The molecule has 0 aromatic rings. The van der Waals surface area contributed by atoms with Crippen LogP contribution in [0.5, 0.6) is 0 Å². The number of hydrogen-bond acceptors (Lipinski definition) is 3. The Morgan fingerprint density at radius 3 is 2.58 bits per heavy atom. The zero-order chi connectivity index (χ0) is 8.97. The fraction of sp³-hybridized carbons (Fsp3) is 0.667. The highest BCUT2D eigenvalue weighted by Gasteiger charge is 2.15. The minimum atomic E-state index is 0.277. The quantitative estimate of drug-likeness (QED) is 0.367. The fourth-order valence-corrected chi connectivity index (χ4v) is 1.53. The average Bonchev–Trinajstić information content (AvgIpc) is 2.06. The van der Waals surface area contributed by atoms with Gasteiger partial charge in [0.1, 0.15) is 0 Å². The molecule has 66 valence electrons. The first-order valence-electron chi connectivity index (χ1n) is 4.16. The molecule has 0 N–H and O–H groups in total. The van der Waals surface area contributed by atoms with Crippen molar-refractivity contribution in [2.24, 2.45) is 4.99 Å². The Bertz CT molecular complexity index is 217. The summed E-state index contributed by atoms with van der Waals surface area (Å²) in [6.07, 6.45) is 6.56. The molecule has 0 fully saturated rings. The van der Waals surface area contributed by atoms with Crippen molar-refractivity contribution in [3.63, 3.8) is 0 Å². The summed E-state index contributed by atoms with van der Waals surface area (Å²) in [4.78, 5) is 6.25. The van der Waals surface area contributed by atoms with Gasteiger partial charge in [-0.25, -0.2) is 4.99 Å². The lowest BCUT2D eigenvalue weighted by atomic mass is 9.98. The smallest absolute Gasteiger partial charge is 0.0784 e. The molecule has 2 atom stereocenters. The van der Waals surface area contributed by atoms with Gasteiger partial charge in [0, 0.05) is 6.04 Å². The van der Waals surface area contributed by atoms with E-state index < -0.39 is 0 Å². The van der Waals surface area contributed by atoms with E-state index in [1.165, 1.54) is 0 Å². The summed E-state index contributed by atoms with van der Waals surface area (Å²) in [6.45, 7) is 0. The number of aliphatic imine (C=N–C) groups is 1. The van der Waals surface area contributed by atoms with Crippen LogP contribution in [0.15, 0.2) is 17.1 Å². The first kappa shape index (κ1) is 9.59. The van der Waals surface area contributed by atoms with Gasteiger partial charge in [-0.15, -0.1) is 0 Å². The molecule has 3 heteroatoms. The second kappa shape index (κ2) is 4.51. The Labute approximate surface area is 79.0 Å². The van der Waals surface area contributed by atoms with Gasteiger partial charge < -0.3 is 4.90 Å². The topological polar surface area (TPSA) is 15.6 Å². The molecule has 0 radical (unpaired) electrons. The lowest BCUT2D eigenvalue weighted by Crippen LogP contribution is -2.29. The minimum Gasteiger partial charge on any atom is -0.303 e. The lowest BCUT2D eigenvalue weighted by Gasteiger charge is -2.25. The van der Waals surface area contributed by atoms with Crippen molar-refractivity contribution >= 4 is 17.4 Å². The SMILES string of the molecule is CN(C)C1C=CC(N=C=S)CC1. The van der Waals surface area contributed by atoms with Crippen molar-refractivity contribution in [2.45, 2.75) is 24.9 Å². The Morgan fingerprint density at radius 2 is 2.17 bits per heavy atom. The molecule has 0 spiro atoms. The second-order valence-electron chi connectivity index (χ2n) is 3.28. The summed E-state index contributed by atoms with van der Waals surface area (Å²) < 4.78 is 0. The fourth-order valence-electron chi connectivity index (χ4n) is 1.40. The Kier molecular flexibility index (Phi) is 3.60. The molecule has 1 aliphatic carbocycles. The Morgan fingerprint density at radius 1 is 1.42 bits per heavy atom. The van der Waals surface area contributed by atoms with E-state index >= 15 is 0 Å². The minimum absolute atomic E-state index is 0.277. The van der Waals surface area contributed by atoms with Crippen LogP contribution in [0, 0.1) is 0 Å². The maximum Gasteiger partial charge on any atom is 0.0784 e. The first-order valence-corrected chi connectivity index (χ1v) is 4.56. The van der Waals surface area contributed by atoms with Gasteiger partial charge in [-0.2, -0.15) is 0 Å². The van der Waals surface area contributed by atoms with Crippen LogP contribution in [0.4, 0.5) is 0 Å². The molecular formula is C9H14N2S. The third-order valence-corrected chi connectivity index (χ3v) is 2.30. The molecule has 0 aliphatic heterocycles. The van der Waals surface area contributed by atoms with Crippen molar-refractivity contribution in [3.8, 4) is 0 Å². The van der Waals surface area contributed by atoms with Crippen LogP contribution >= 0.6 is 12.2 Å². The van der Waals surface area contributed by atoms with Gasteiger partial charge in [0.05, 0.1) is 11.2 Å². The van der Waals surface area contributed by atoms with Gasteiger partial charge in [-0.1, -0.05) is 12.2 Å². The summed E-state index contributed by atoms with van der Waals surface area (Å²) >= 11 is 4.55. The molecular weight excluding hydrogens is 168 g/mol. The van der Waals surface area contributed by atoms with E-state index in [2.05, 4.69) is 53.5 Å². The predicted octanol–water partition coefficient (Wildman–Crippen LogP) is 1.74. The zero-order valence-corrected chi connectivity index (χ0v) is 8.34. The van der Waals surface area contributed by atoms with Gasteiger partial charge in [0.15, 0.2) is 0 Å². The molecule has 12 heavy (non-hydrogen) atoms. The Hall–Kier alpha value is -0.500. The normalized spacial score (nSPS) is 28.6. The summed E-state index contributed by atoms with van der Waals surface area (Å²) in [5.74, 6) is 0. The summed E-state index contributed by atoms with van der Waals surface area (Å²) in [5.41, 5.74) is 0. The number of likely N-dealkylation sites (N-methyl/N-ethyl adjacent to an activating group) is 1. The van der Waals surface area contributed by atoms with Crippen molar-refractivity contribution in [2.75, 3.05) is 14.1 Å². The van der Waals surface area contributed by atoms with Crippen LogP contribution in [0.2, 0.25) is 0 Å². The molecule has 0 heterocycles.